The molecule has 0 aliphatic heterocycles. The summed E-state index contributed by atoms with van der Waals surface area (Å²) in [4.78, 5) is 16.1. The quantitative estimate of drug-likeness (QED) is 0.886. The van der Waals surface area contributed by atoms with Gasteiger partial charge >= 0.3 is 0 Å². The van der Waals surface area contributed by atoms with E-state index in [1.807, 2.05) is 6.07 Å². The number of rotatable bonds is 4. The van der Waals surface area contributed by atoms with Crippen molar-refractivity contribution in [1.82, 2.24) is 10.3 Å². The van der Waals surface area contributed by atoms with E-state index < -0.39 is 0 Å². The third-order valence-electron chi connectivity index (χ3n) is 2.84. The Labute approximate surface area is 117 Å². The van der Waals surface area contributed by atoms with Crippen molar-refractivity contribution in [2.24, 2.45) is 0 Å². The van der Waals surface area contributed by atoms with Gasteiger partial charge in [-0.25, -0.2) is 0 Å². The van der Waals surface area contributed by atoms with Crippen molar-refractivity contribution in [3.8, 4) is 6.07 Å². The van der Waals surface area contributed by atoms with Crippen molar-refractivity contribution in [1.29, 1.82) is 5.26 Å². The Morgan fingerprint density at radius 2 is 2.25 bits per heavy atom. The van der Waals surface area contributed by atoms with Crippen LogP contribution in [-0.4, -0.2) is 17.9 Å². The van der Waals surface area contributed by atoms with E-state index in [4.69, 9.17) is 5.26 Å². The van der Waals surface area contributed by atoms with Gasteiger partial charge in [0.1, 0.15) is 0 Å². The Morgan fingerprint density at radius 1 is 1.40 bits per heavy atom. The van der Waals surface area contributed by atoms with E-state index >= 15 is 0 Å². The van der Waals surface area contributed by atoms with Gasteiger partial charge in [0.15, 0.2) is 0 Å². The minimum Gasteiger partial charge on any atom is -0.386 e. The Bertz CT molecular complexity index is 661. The summed E-state index contributed by atoms with van der Waals surface area (Å²) in [6.45, 7) is 0.375. The lowest BCUT2D eigenvalue weighted by atomic mass is 10.1. The average molecular weight is 266 g/mol. The van der Waals surface area contributed by atoms with Gasteiger partial charge in [-0.3, -0.25) is 9.78 Å². The van der Waals surface area contributed by atoms with Crippen LogP contribution in [0.4, 0.5) is 5.69 Å². The standard InChI is InChI=1S/C15H14N4O/c1-17-14-10-18-6-5-13(14)15(20)19-9-12-4-2-3-11(7-12)8-16/h2-7,10,17H,9H2,1H3,(H,19,20). The number of carbonyl (C=O) groups excluding carboxylic acids is 1. The smallest absolute Gasteiger partial charge is 0.253 e. The topological polar surface area (TPSA) is 77.8 Å². The highest BCUT2D eigenvalue weighted by molar-refractivity contribution is 5.99. The van der Waals surface area contributed by atoms with E-state index in [0.717, 1.165) is 5.56 Å². The molecule has 1 heterocycles. The van der Waals surface area contributed by atoms with Crippen molar-refractivity contribution in [3.63, 3.8) is 0 Å². The lowest BCUT2D eigenvalue weighted by Gasteiger charge is -2.09. The SMILES string of the molecule is CNc1cnccc1C(=O)NCc1cccc(C#N)c1. The molecule has 1 aromatic heterocycles. The average Bonchev–Trinajstić information content (AvgIpc) is 2.52. The first kappa shape index (κ1) is 13.6. The predicted octanol–water partition coefficient (Wildman–Crippen LogP) is 1.92. The molecule has 0 fully saturated rings. The number of hydrogen-bond donors (Lipinski definition) is 2. The van der Waals surface area contributed by atoms with Gasteiger partial charge in [0.2, 0.25) is 0 Å². The van der Waals surface area contributed by atoms with Gasteiger partial charge in [-0.05, 0) is 23.8 Å². The first-order valence-corrected chi connectivity index (χ1v) is 6.13. The molecule has 1 aromatic carbocycles. The van der Waals surface area contributed by atoms with Crippen LogP contribution in [0.15, 0.2) is 42.7 Å². The summed E-state index contributed by atoms with van der Waals surface area (Å²) in [7, 11) is 1.74. The van der Waals surface area contributed by atoms with Crippen LogP contribution in [0.25, 0.3) is 0 Å². The monoisotopic (exact) mass is 266 g/mol. The summed E-state index contributed by atoms with van der Waals surface area (Å²) in [6.07, 6.45) is 3.18. The number of nitrogens with zero attached hydrogens (tertiary/aromatic N) is 2. The van der Waals surface area contributed by atoms with Gasteiger partial charge in [0.05, 0.1) is 29.1 Å². The minimum atomic E-state index is -0.181. The normalized spacial score (nSPS) is 9.60. The molecule has 2 aromatic rings. The fourth-order valence-corrected chi connectivity index (χ4v) is 1.82. The number of aromatic nitrogens is 1. The maximum Gasteiger partial charge on any atom is 0.253 e. The number of nitrogens with one attached hydrogen (secondary N) is 2. The Balaban J connectivity index is 2.07. The highest BCUT2D eigenvalue weighted by atomic mass is 16.1. The minimum absolute atomic E-state index is 0.181. The lowest BCUT2D eigenvalue weighted by Crippen LogP contribution is -2.23. The van der Waals surface area contributed by atoms with E-state index in [2.05, 4.69) is 21.7 Å². The van der Waals surface area contributed by atoms with Gasteiger partial charge < -0.3 is 10.6 Å². The number of anilines is 1. The van der Waals surface area contributed by atoms with Gasteiger partial charge in [0.25, 0.3) is 5.91 Å². The number of hydrogen-bond acceptors (Lipinski definition) is 4. The first-order valence-electron chi connectivity index (χ1n) is 6.13. The first-order chi connectivity index (χ1) is 9.74. The third kappa shape index (κ3) is 3.12. The van der Waals surface area contributed by atoms with Gasteiger partial charge in [-0.1, -0.05) is 12.1 Å². The molecule has 20 heavy (non-hydrogen) atoms. The number of amides is 1. The van der Waals surface area contributed by atoms with Crippen LogP contribution in [0.3, 0.4) is 0 Å². The molecular weight excluding hydrogens is 252 g/mol. The molecule has 100 valence electrons. The molecule has 0 saturated heterocycles. The molecule has 2 rings (SSSR count). The lowest BCUT2D eigenvalue weighted by molar-refractivity contribution is 0.0951. The van der Waals surface area contributed by atoms with Crippen molar-refractivity contribution in [2.75, 3.05) is 12.4 Å². The van der Waals surface area contributed by atoms with Crippen LogP contribution in [-0.2, 0) is 6.54 Å². The van der Waals surface area contributed by atoms with E-state index in [-0.39, 0.29) is 5.91 Å². The van der Waals surface area contributed by atoms with Gasteiger partial charge in [0, 0.05) is 19.8 Å². The molecule has 0 aliphatic rings. The van der Waals surface area contributed by atoms with Crippen LogP contribution < -0.4 is 10.6 Å². The van der Waals surface area contributed by atoms with E-state index in [1.54, 1.807) is 43.7 Å². The number of nitriles is 1. The molecule has 0 atom stereocenters. The van der Waals surface area contributed by atoms with Gasteiger partial charge in [-0.2, -0.15) is 5.26 Å². The van der Waals surface area contributed by atoms with Crippen molar-refractivity contribution in [3.05, 3.63) is 59.4 Å². The molecule has 5 nitrogen and oxygen atoms in total. The molecular formula is C15H14N4O. The molecule has 2 N–H and O–H groups in total. The zero-order valence-corrected chi connectivity index (χ0v) is 11.1. The van der Waals surface area contributed by atoms with E-state index in [1.165, 1.54) is 0 Å². The highest BCUT2D eigenvalue weighted by Crippen LogP contribution is 2.12. The van der Waals surface area contributed by atoms with Crippen LogP contribution in [0.1, 0.15) is 21.5 Å². The maximum absolute atomic E-state index is 12.1. The zero-order valence-electron chi connectivity index (χ0n) is 11.1. The summed E-state index contributed by atoms with van der Waals surface area (Å²) in [5.41, 5.74) is 2.68. The van der Waals surface area contributed by atoms with Crippen molar-refractivity contribution < 1.29 is 4.79 Å². The molecule has 0 aliphatic carbocycles. The molecule has 0 radical (unpaired) electrons. The summed E-state index contributed by atoms with van der Waals surface area (Å²) in [6, 6.07) is 10.9. The highest BCUT2D eigenvalue weighted by Gasteiger charge is 2.09. The fraction of sp³-hybridized carbons (Fsp3) is 0.133. The van der Waals surface area contributed by atoms with E-state index in [0.29, 0.717) is 23.4 Å². The van der Waals surface area contributed by atoms with Crippen LogP contribution in [0, 0.1) is 11.3 Å². The summed E-state index contributed by atoms with van der Waals surface area (Å²) in [5.74, 6) is -0.181. The number of carbonyl (C=O) groups is 1. The fourth-order valence-electron chi connectivity index (χ4n) is 1.82. The van der Waals surface area contributed by atoms with E-state index in [9.17, 15) is 4.79 Å². The maximum atomic E-state index is 12.1. The Kier molecular flexibility index (Phi) is 4.30. The number of pyridine rings is 1. The van der Waals surface area contributed by atoms with Crippen LogP contribution in [0.5, 0.6) is 0 Å². The second kappa shape index (κ2) is 6.34. The molecule has 0 spiro atoms. The summed E-state index contributed by atoms with van der Waals surface area (Å²) < 4.78 is 0. The Morgan fingerprint density at radius 3 is 3.00 bits per heavy atom. The largest absolute Gasteiger partial charge is 0.386 e. The number of benzene rings is 1. The zero-order chi connectivity index (χ0) is 14.4. The van der Waals surface area contributed by atoms with Crippen LogP contribution >= 0.6 is 0 Å². The molecule has 0 bridgehead atoms. The summed E-state index contributed by atoms with van der Waals surface area (Å²) in [5, 5.41) is 14.6. The molecule has 5 heteroatoms. The second-order valence-electron chi connectivity index (χ2n) is 4.17. The second-order valence-corrected chi connectivity index (χ2v) is 4.17. The van der Waals surface area contributed by atoms with Crippen LogP contribution in [0.2, 0.25) is 0 Å². The molecule has 1 amide bonds. The summed E-state index contributed by atoms with van der Waals surface area (Å²) >= 11 is 0. The Hall–Kier alpha value is -2.87. The predicted molar refractivity (Wildman–Crippen MR) is 76.1 cm³/mol. The van der Waals surface area contributed by atoms with Crippen molar-refractivity contribution >= 4 is 11.6 Å². The van der Waals surface area contributed by atoms with Crippen molar-refractivity contribution in [2.45, 2.75) is 6.54 Å². The molecule has 0 unspecified atom stereocenters. The molecule has 0 saturated carbocycles. The third-order valence-corrected chi connectivity index (χ3v) is 2.84. The van der Waals surface area contributed by atoms with Gasteiger partial charge in [-0.15, -0.1) is 0 Å².